The van der Waals surface area contributed by atoms with Gasteiger partial charge in [-0.05, 0) is 34.6 Å². The van der Waals surface area contributed by atoms with Gasteiger partial charge in [-0.3, -0.25) is 0 Å². The zero-order valence-electron chi connectivity index (χ0n) is 11.5. The average Bonchev–Trinajstić information content (AvgIpc) is 2.44. The maximum absolute atomic E-state index is 3.88. The van der Waals surface area contributed by atoms with E-state index in [0.29, 0.717) is 8.58 Å². The van der Waals surface area contributed by atoms with E-state index >= 15 is 0 Å². The quantitative estimate of drug-likeness (QED) is 0.387. The second kappa shape index (κ2) is 9.10. The first-order valence-corrected chi connectivity index (χ1v) is 7.49. The van der Waals surface area contributed by atoms with Gasteiger partial charge in [0.2, 0.25) is 0 Å². The van der Waals surface area contributed by atoms with Gasteiger partial charge in [0, 0.05) is 0 Å². The summed E-state index contributed by atoms with van der Waals surface area (Å²) in [4.78, 5) is 0. The Balaban J connectivity index is 0.00000200. The van der Waals surface area contributed by atoms with E-state index in [1.807, 2.05) is 12.2 Å². The lowest BCUT2D eigenvalue weighted by Gasteiger charge is -2.13. The summed E-state index contributed by atoms with van der Waals surface area (Å²) in [6.45, 7) is 7.73. The fraction of sp³-hybridized carbons (Fsp3) is 0.111. The molecule has 104 valence electrons. The molecule has 0 aliphatic rings. The summed E-state index contributed by atoms with van der Waals surface area (Å²) in [7, 11) is 0.704. The van der Waals surface area contributed by atoms with Gasteiger partial charge >= 0.3 is 0 Å². The lowest BCUT2D eigenvalue weighted by Crippen LogP contribution is -2.11. The Morgan fingerprint density at radius 2 is 1.55 bits per heavy atom. The molecule has 0 saturated carbocycles. The van der Waals surface area contributed by atoms with Crippen LogP contribution < -0.4 is 10.6 Å². The predicted molar refractivity (Wildman–Crippen MR) is 104 cm³/mol. The molecule has 0 heterocycles. The summed E-state index contributed by atoms with van der Waals surface area (Å²) in [5, 5.41) is 2.80. The maximum Gasteiger partial charge on any atom is -0.00909 e. The van der Waals surface area contributed by atoms with E-state index in [1.165, 1.54) is 21.7 Å². The molecule has 0 amide bonds. The van der Waals surface area contributed by atoms with Crippen LogP contribution in [-0.4, -0.2) is 0 Å². The van der Waals surface area contributed by atoms with Gasteiger partial charge in [-0.15, -0.1) is 37.1 Å². The standard InChI is InChI=1S/C18H19P.HI/c1-3-9-15-11-8-14-18(17(15)10-4-2)19-16-12-6-5-7-13-16;/h3-8,11-14,19H,1-2,9-10H2;1H. The summed E-state index contributed by atoms with van der Waals surface area (Å²) in [6, 6.07) is 17.2. The van der Waals surface area contributed by atoms with Crippen molar-refractivity contribution in [2.75, 3.05) is 0 Å². The molecular weight excluding hydrogens is 374 g/mol. The lowest BCUT2D eigenvalue weighted by molar-refractivity contribution is 1.17. The van der Waals surface area contributed by atoms with Crippen molar-refractivity contribution in [3.05, 3.63) is 85.0 Å². The van der Waals surface area contributed by atoms with Crippen molar-refractivity contribution in [3.63, 3.8) is 0 Å². The topological polar surface area (TPSA) is 0 Å². The van der Waals surface area contributed by atoms with Gasteiger partial charge in [0.05, 0.1) is 0 Å². The normalized spacial score (nSPS) is 10.2. The van der Waals surface area contributed by atoms with Crippen LogP contribution in [0.4, 0.5) is 0 Å². The molecule has 0 aromatic heterocycles. The molecular formula is C18H20IP. The second-order valence-electron chi connectivity index (χ2n) is 4.42. The Kier molecular flexibility index (Phi) is 7.79. The molecule has 0 N–H and O–H groups in total. The van der Waals surface area contributed by atoms with Crippen LogP contribution in [-0.2, 0) is 12.8 Å². The molecule has 0 saturated heterocycles. The van der Waals surface area contributed by atoms with Crippen LogP contribution in [0.25, 0.3) is 0 Å². The molecule has 0 fully saturated rings. The number of halogens is 1. The largest absolute Gasteiger partial charge is 0.107 e. The van der Waals surface area contributed by atoms with Crippen LogP contribution >= 0.6 is 32.6 Å². The van der Waals surface area contributed by atoms with Crippen molar-refractivity contribution in [2.24, 2.45) is 0 Å². The van der Waals surface area contributed by atoms with Gasteiger partial charge in [-0.25, -0.2) is 0 Å². The van der Waals surface area contributed by atoms with Gasteiger partial charge in [-0.2, -0.15) is 0 Å². The van der Waals surface area contributed by atoms with Crippen LogP contribution in [0, 0.1) is 0 Å². The molecule has 0 aliphatic carbocycles. The predicted octanol–water partition coefficient (Wildman–Crippen LogP) is 4.39. The fourth-order valence-electron chi connectivity index (χ4n) is 2.16. The van der Waals surface area contributed by atoms with E-state index in [0.717, 1.165) is 12.8 Å². The monoisotopic (exact) mass is 394 g/mol. The number of allylic oxidation sites excluding steroid dienone is 2. The number of hydrogen-bond donors (Lipinski definition) is 0. The van der Waals surface area contributed by atoms with Gasteiger partial charge in [-0.1, -0.05) is 69.3 Å². The van der Waals surface area contributed by atoms with Crippen molar-refractivity contribution in [1.29, 1.82) is 0 Å². The smallest absolute Gasteiger partial charge is 0.00909 e. The van der Waals surface area contributed by atoms with E-state index < -0.39 is 0 Å². The number of hydrogen-bond acceptors (Lipinski definition) is 0. The first-order valence-electron chi connectivity index (χ1n) is 6.49. The van der Waals surface area contributed by atoms with Crippen molar-refractivity contribution in [3.8, 4) is 0 Å². The van der Waals surface area contributed by atoms with E-state index in [9.17, 15) is 0 Å². The van der Waals surface area contributed by atoms with Crippen LogP contribution in [0.15, 0.2) is 73.8 Å². The molecule has 1 unspecified atom stereocenters. The fourth-order valence-corrected chi connectivity index (χ4v) is 3.42. The average molecular weight is 394 g/mol. The van der Waals surface area contributed by atoms with Gasteiger partial charge in [0.25, 0.3) is 0 Å². The van der Waals surface area contributed by atoms with Gasteiger partial charge in [0.1, 0.15) is 0 Å². The zero-order chi connectivity index (χ0) is 13.5. The summed E-state index contributed by atoms with van der Waals surface area (Å²) >= 11 is 0. The Morgan fingerprint density at radius 1 is 0.850 bits per heavy atom. The van der Waals surface area contributed by atoms with E-state index in [-0.39, 0.29) is 24.0 Å². The van der Waals surface area contributed by atoms with E-state index in [2.05, 4.69) is 61.7 Å². The van der Waals surface area contributed by atoms with E-state index in [1.54, 1.807) is 0 Å². The first kappa shape index (κ1) is 17.1. The second-order valence-corrected chi connectivity index (χ2v) is 5.79. The van der Waals surface area contributed by atoms with Crippen molar-refractivity contribution >= 4 is 43.2 Å². The van der Waals surface area contributed by atoms with E-state index in [4.69, 9.17) is 0 Å². The van der Waals surface area contributed by atoms with Crippen molar-refractivity contribution in [1.82, 2.24) is 0 Å². The van der Waals surface area contributed by atoms with Crippen LogP contribution in [0.3, 0.4) is 0 Å². The number of benzene rings is 2. The molecule has 0 radical (unpaired) electrons. The minimum Gasteiger partial charge on any atom is -0.107 e. The molecule has 2 heteroatoms. The molecule has 0 nitrogen and oxygen atoms in total. The molecule has 2 aromatic rings. The van der Waals surface area contributed by atoms with Crippen LogP contribution in [0.5, 0.6) is 0 Å². The minimum absolute atomic E-state index is 0. The first-order chi connectivity index (χ1) is 9.35. The third-order valence-corrected chi connectivity index (χ3v) is 4.40. The van der Waals surface area contributed by atoms with Crippen molar-refractivity contribution < 1.29 is 0 Å². The molecule has 20 heavy (non-hydrogen) atoms. The molecule has 0 spiro atoms. The van der Waals surface area contributed by atoms with Gasteiger partial charge in [0.15, 0.2) is 0 Å². The number of rotatable bonds is 6. The molecule has 2 rings (SSSR count). The Hall–Kier alpha value is -0.920. The molecule has 2 aromatic carbocycles. The molecule has 0 aliphatic heterocycles. The highest BCUT2D eigenvalue weighted by molar-refractivity contribution is 14.0. The highest BCUT2D eigenvalue weighted by atomic mass is 127. The summed E-state index contributed by atoms with van der Waals surface area (Å²) < 4.78 is 0. The Morgan fingerprint density at radius 3 is 2.20 bits per heavy atom. The summed E-state index contributed by atoms with van der Waals surface area (Å²) in [5.41, 5.74) is 2.79. The summed E-state index contributed by atoms with van der Waals surface area (Å²) in [5.74, 6) is 0. The Labute approximate surface area is 140 Å². The Bertz CT molecular complexity index is 561. The van der Waals surface area contributed by atoms with Crippen molar-refractivity contribution in [2.45, 2.75) is 12.8 Å². The zero-order valence-corrected chi connectivity index (χ0v) is 14.8. The molecule has 1 atom stereocenters. The maximum atomic E-state index is 3.88. The molecule has 0 bridgehead atoms. The highest BCUT2D eigenvalue weighted by Gasteiger charge is 2.06. The minimum atomic E-state index is 0. The SMILES string of the molecule is C=CCc1cccc(Pc2ccccc2)c1CC=C.I. The lowest BCUT2D eigenvalue weighted by atomic mass is 10.0. The van der Waals surface area contributed by atoms with Crippen LogP contribution in [0.2, 0.25) is 0 Å². The van der Waals surface area contributed by atoms with Gasteiger partial charge < -0.3 is 0 Å². The third-order valence-electron chi connectivity index (χ3n) is 3.04. The summed E-state index contributed by atoms with van der Waals surface area (Å²) in [6.07, 6.45) is 5.81. The highest BCUT2D eigenvalue weighted by Crippen LogP contribution is 2.18. The van der Waals surface area contributed by atoms with Crippen LogP contribution in [0.1, 0.15) is 11.1 Å². The third kappa shape index (κ3) is 4.57.